The van der Waals surface area contributed by atoms with E-state index in [1.165, 1.54) is 30.6 Å². The van der Waals surface area contributed by atoms with Gasteiger partial charge in [-0.05, 0) is 18.2 Å². The zero-order chi connectivity index (χ0) is 15.7. The Morgan fingerprint density at radius 1 is 1.14 bits per heavy atom. The maximum absolute atomic E-state index is 11.7. The van der Waals surface area contributed by atoms with Crippen LogP contribution in [0.3, 0.4) is 0 Å². The van der Waals surface area contributed by atoms with E-state index in [4.69, 9.17) is 5.11 Å². The third-order valence-electron chi connectivity index (χ3n) is 2.29. The molecule has 110 valence electrons. The Labute approximate surface area is 120 Å². The topological polar surface area (TPSA) is 117 Å². The van der Waals surface area contributed by atoms with E-state index in [0.717, 1.165) is 7.11 Å². The van der Waals surface area contributed by atoms with Crippen LogP contribution in [0.2, 0.25) is 0 Å². The monoisotopic (exact) mass is 290 g/mol. The number of anilines is 2. The van der Waals surface area contributed by atoms with E-state index in [9.17, 15) is 14.9 Å². The van der Waals surface area contributed by atoms with Crippen molar-refractivity contribution in [3.63, 3.8) is 0 Å². The number of carbonyl (C=O) groups is 1. The number of hydrogen-bond donors (Lipinski definition) is 3. The Hall–Kier alpha value is -3.00. The van der Waals surface area contributed by atoms with Gasteiger partial charge in [0.25, 0.3) is 5.69 Å². The van der Waals surface area contributed by atoms with E-state index in [1.54, 1.807) is 18.2 Å². The highest BCUT2D eigenvalue weighted by Gasteiger charge is 2.14. The highest BCUT2D eigenvalue weighted by Crippen LogP contribution is 2.23. The van der Waals surface area contributed by atoms with Gasteiger partial charge in [0.1, 0.15) is 5.69 Å². The minimum absolute atomic E-state index is 0.138. The number of nitrogens with zero attached hydrogens (tertiary/aromatic N) is 2. The summed E-state index contributed by atoms with van der Waals surface area (Å²) >= 11 is 0. The van der Waals surface area contributed by atoms with Crippen molar-refractivity contribution in [2.45, 2.75) is 0 Å². The number of pyridine rings is 1. The molecule has 0 saturated heterocycles. The van der Waals surface area contributed by atoms with Gasteiger partial charge in [-0.25, -0.2) is 4.79 Å². The number of aromatic nitrogens is 1. The zero-order valence-corrected chi connectivity index (χ0v) is 11.2. The Balaban J connectivity index is 0.00000106. The molecule has 0 unspecified atom stereocenters. The molecule has 0 atom stereocenters. The van der Waals surface area contributed by atoms with Gasteiger partial charge in [0.05, 0.1) is 4.92 Å². The van der Waals surface area contributed by atoms with Crippen LogP contribution >= 0.6 is 0 Å². The summed E-state index contributed by atoms with van der Waals surface area (Å²) in [6.07, 6.45) is 3.06. The van der Waals surface area contributed by atoms with Crippen molar-refractivity contribution >= 4 is 23.1 Å². The first-order valence-electron chi connectivity index (χ1n) is 5.83. The SMILES string of the molecule is CO.O=C(Nc1ccncc1)Nc1ccccc1[N+](=O)[O-]. The molecular weight excluding hydrogens is 276 g/mol. The first kappa shape index (κ1) is 16.1. The van der Waals surface area contributed by atoms with Crippen molar-refractivity contribution in [1.82, 2.24) is 4.98 Å². The average Bonchev–Trinajstić information content (AvgIpc) is 2.50. The fraction of sp³-hybridized carbons (Fsp3) is 0.0769. The standard InChI is InChI=1S/C12H10N4O3.CH4O/c17-12(14-9-5-7-13-8-6-9)15-10-3-1-2-4-11(10)16(18)19;1-2/h1-8H,(H2,13,14,15,17);2H,1H3. The van der Waals surface area contributed by atoms with Crippen molar-refractivity contribution in [3.05, 3.63) is 58.9 Å². The summed E-state index contributed by atoms with van der Waals surface area (Å²) in [5.41, 5.74) is 0.525. The molecule has 0 aliphatic rings. The predicted octanol–water partition coefficient (Wildman–Crippen LogP) is 2.24. The van der Waals surface area contributed by atoms with Crippen LogP contribution < -0.4 is 10.6 Å². The third-order valence-corrected chi connectivity index (χ3v) is 2.29. The van der Waals surface area contributed by atoms with Gasteiger partial charge in [0, 0.05) is 31.3 Å². The first-order chi connectivity index (χ1) is 10.2. The van der Waals surface area contributed by atoms with E-state index < -0.39 is 11.0 Å². The van der Waals surface area contributed by atoms with Gasteiger partial charge in [-0.15, -0.1) is 0 Å². The largest absolute Gasteiger partial charge is 0.400 e. The van der Waals surface area contributed by atoms with Crippen LogP contribution in [0.4, 0.5) is 21.9 Å². The van der Waals surface area contributed by atoms with E-state index in [0.29, 0.717) is 5.69 Å². The molecule has 8 nitrogen and oxygen atoms in total. The first-order valence-corrected chi connectivity index (χ1v) is 5.83. The van der Waals surface area contributed by atoms with Gasteiger partial charge in [0.15, 0.2) is 0 Å². The lowest BCUT2D eigenvalue weighted by Crippen LogP contribution is -2.20. The summed E-state index contributed by atoms with van der Waals surface area (Å²) in [6.45, 7) is 0. The number of para-hydroxylation sites is 2. The molecule has 2 aromatic rings. The summed E-state index contributed by atoms with van der Waals surface area (Å²) in [7, 11) is 1.00. The van der Waals surface area contributed by atoms with Crippen molar-refractivity contribution in [1.29, 1.82) is 0 Å². The average molecular weight is 290 g/mol. The van der Waals surface area contributed by atoms with E-state index in [2.05, 4.69) is 15.6 Å². The molecule has 0 aliphatic carbocycles. The molecule has 0 aliphatic heterocycles. The second-order valence-corrected chi connectivity index (χ2v) is 3.59. The molecule has 1 heterocycles. The predicted molar refractivity (Wildman–Crippen MR) is 78.1 cm³/mol. The van der Waals surface area contributed by atoms with Crippen LogP contribution in [0.25, 0.3) is 0 Å². The number of aliphatic hydroxyl groups excluding tert-OH is 1. The number of nitrogens with one attached hydrogen (secondary N) is 2. The van der Waals surface area contributed by atoms with Gasteiger partial charge in [0.2, 0.25) is 0 Å². The van der Waals surface area contributed by atoms with Gasteiger partial charge in [-0.3, -0.25) is 15.1 Å². The summed E-state index contributed by atoms with van der Waals surface area (Å²) in [6, 6.07) is 8.59. The molecule has 2 rings (SSSR count). The molecule has 0 spiro atoms. The second kappa shape index (κ2) is 8.23. The van der Waals surface area contributed by atoms with Crippen LogP contribution in [0.15, 0.2) is 48.8 Å². The fourth-order valence-corrected chi connectivity index (χ4v) is 1.46. The fourth-order valence-electron chi connectivity index (χ4n) is 1.46. The van der Waals surface area contributed by atoms with E-state index in [1.807, 2.05) is 0 Å². The molecule has 2 amide bonds. The normalized spacial score (nSPS) is 9.05. The summed E-state index contributed by atoms with van der Waals surface area (Å²) in [5, 5.41) is 22.8. The van der Waals surface area contributed by atoms with Gasteiger partial charge >= 0.3 is 6.03 Å². The molecule has 1 aromatic heterocycles. The van der Waals surface area contributed by atoms with Crippen molar-refractivity contribution < 1.29 is 14.8 Å². The number of nitro groups is 1. The summed E-state index contributed by atoms with van der Waals surface area (Å²) in [4.78, 5) is 25.7. The summed E-state index contributed by atoms with van der Waals surface area (Å²) in [5.74, 6) is 0. The van der Waals surface area contributed by atoms with Gasteiger partial charge < -0.3 is 15.7 Å². The lowest BCUT2D eigenvalue weighted by molar-refractivity contribution is -0.383. The van der Waals surface area contributed by atoms with Crippen molar-refractivity contribution in [2.24, 2.45) is 0 Å². The van der Waals surface area contributed by atoms with Crippen LogP contribution in [-0.4, -0.2) is 28.2 Å². The molecular formula is C13H14N4O4. The number of hydrogen-bond acceptors (Lipinski definition) is 5. The minimum Gasteiger partial charge on any atom is -0.400 e. The van der Waals surface area contributed by atoms with Crippen LogP contribution in [0, 0.1) is 10.1 Å². The molecule has 3 N–H and O–H groups in total. The summed E-state index contributed by atoms with van der Waals surface area (Å²) < 4.78 is 0. The maximum Gasteiger partial charge on any atom is 0.323 e. The lowest BCUT2D eigenvalue weighted by Gasteiger charge is -2.07. The molecule has 0 radical (unpaired) electrons. The Morgan fingerprint density at radius 3 is 2.38 bits per heavy atom. The maximum atomic E-state index is 11.7. The number of benzene rings is 1. The van der Waals surface area contributed by atoms with Crippen LogP contribution in [0.1, 0.15) is 0 Å². The molecule has 21 heavy (non-hydrogen) atoms. The molecule has 0 bridgehead atoms. The van der Waals surface area contributed by atoms with E-state index >= 15 is 0 Å². The van der Waals surface area contributed by atoms with E-state index in [-0.39, 0.29) is 11.4 Å². The van der Waals surface area contributed by atoms with Crippen molar-refractivity contribution in [2.75, 3.05) is 17.7 Å². The molecule has 0 saturated carbocycles. The smallest absolute Gasteiger partial charge is 0.323 e. The second-order valence-electron chi connectivity index (χ2n) is 3.59. The lowest BCUT2D eigenvalue weighted by atomic mass is 10.3. The molecule has 0 fully saturated rings. The Kier molecular flexibility index (Phi) is 6.29. The number of carbonyl (C=O) groups excluding carboxylic acids is 1. The quantitative estimate of drug-likeness (QED) is 0.592. The van der Waals surface area contributed by atoms with Gasteiger partial charge in [-0.1, -0.05) is 12.1 Å². The van der Waals surface area contributed by atoms with Crippen LogP contribution in [0.5, 0.6) is 0 Å². The Bertz CT molecular complexity index is 604. The third kappa shape index (κ3) is 4.88. The molecule has 8 heteroatoms. The Morgan fingerprint density at radius 2 is 1.76 bits per heavy atom. The number of nitro benzene ring substituents is 1. The number of amides is 2. The number of rotatable bonds is 3. The highest BCUT2D eigenvalue weighted by atomic mass is 16.6. The highest BCUT2D eigenvalue weighted by molar-refractivity contribution is 6.01. The number of aliphatic hydroxyl groups is 1. The zero-order valence-electron chi connectivity index (χ0n) is 11.2. The van der Waals surface area contributed by atoms with Gasteiger partial charge in [-0.2, -0.15) is 0 Å². The molecule has 1 aromatic carbocycles. The number of urea groups is 1. The minimum atomic E-state index is -0.555. The van der Waals surface area contributed by atoms with Crippen LogP contribution in [-0.2, 0) is 0 Å². The van der Waals surface area contributed by atoms with Crippen molar-refractivity contribution in [3.8, 4) is 0 Å².